The van der Waals surface area contributed by atoms with E-state index in [9.17, 15) is 20.1 Å². The molecule has 1 aromatic rings. The molecule has 4 atom stereocenters. The number of piperidine rings is 1. The molecule has 9 heteroatoms. The second-order valence-electron chi connectivity index (χ2n) is 10.6. The van der Waals surface area contributed by atoms with Gasteiger partial charge >= 0.3 is 0 Å². The summed E-state index contributed by atoms with van der Waals surface area (Å²) in [7, 11) is 0. The second-order valence-corrected chi connectivity index (χ2v) is 10.6. The van der Waals surface area contributed by atoms with E-state index in [4.69, 9.17) is 14.6 Å². The van der Waals surface area contributed by atoms with Gasteiger partial charge in [0.2, 0.25) is 0 Å². The van der Waals surface area contributed by atoms with Gasteiger partial charge in [-0.1, -0.05) is 6.07 Å². The predicted octanol–water partition coefficient (Wildman–Crippen LogP) is 1.14. The van der Waals surface area contributed by atoms with Crippen LogP contribution in [0.1, 0.15) is 44.2 Å². The van der Waals surface area contributed by atoms with Crippen molar-refractivity contribution in [3.63, 3.8) is 0 Å². The average Bonchev–Trinajstić information content (AvgIpc) is 3.57. The molecule has 0 radical (unpaired) electrons. The van der Waals surface area contributed by atoms with Gasteiger partial charge < -0.3 is 35.2 Å². The number of fused-ring (bicyclic) bond motifs is 1. The Morgan fingerprint density at radius 3 is 2.80 bits per heavy atom. The summed E-state index contributed by atoms with van der Waals surface area (Å²) < 4.78 is 11.4. The Morgan fingerprint density at radius 2 is 2.09 bits per heavy atom. The maximum atomic E-state index is 12.8. The van der Waals surface area contributed by atoms with E-state index in [2.05, 4.69) is 10.2 Å². The lowest BCUT2D eigenvalue weighted by Gasteiger charge is -2.59. The van der Waals surface area contributed by atoms with Gasteiger partial charge in [-0.25, -0.2) is 0 Å². The number of carbonyl (C=O) groups is 1. The van der Waals surface area contributed by atoms with Crippen molar-refractivity contribution < 1.29 is 34.7 Å². The molecule has 9 nitrogen and oxygen atoms in total. The molecule has 1 aromatic carbocycles. The minimum absolute atomic E-state index is 0.0313. The van der Waals surface area contributed by atoms with Gasteiger partial charge in [-0.05, 0) is 63.6 Å². The molecule has 2 heterocycles. The normalized spacial score (nSPS) is 32.0. The molecule has 1 amide bonds. The first-order valence-electron chi connectivity index (χ1n) is 12.6. The molecule has 0 unspecified atom stereocenters. The van der Waals surface area contributed by atoms with Crippen molar-refractivity contribution in [1.29, 1.82) is 0 Å². The molecule has 2 aliphatic carbocycles. The van der Waals surface area contributed by atoms with Crippen LogP contribution >= 0.6 is 0 Å². The smallest absolute Gasteiger partial charge is 0.250 e. The van der Waals surface area contributed by atoms with Crippen molar-refractivity contribution in [3.05, 3.63) is 34.6 Å². The molecular weight excluding hydrogens is 452 g/mol. The van der Waals surface area contributed by atoms with Crippen LogP contribution in [0.3, 0.4) is 0 Å². The predicted molar refractivity (Wildman–Crippen MR) is 127 cm³/mol. The number of nitrogens with zero attached hydrogens (tertiary/aromatic N) is 1. The van der Waals surface area contributed by atoms with E-state index >= 15 is 0 Å². The van der Waals surface area contributed by atoms with E-state index in [0.717, 1.165) is 24.2 Å². The van der Waals surface area contributed by atoms with Crippen molar-refractivity contribution in [2.75, 3.05) is 39.5 Å². The van der Waals surface area contributed by atoms with Gasteiger partial charge in [-0.2, -0.15) is 0 Å². The van der Waals surface area contributed by atoms with E-state index in [-0.39, 0.29) is 49.5 Å². The number of rotatable bonds is 9. The SMILES string of the molecule is C/C(C(=O)NCCOCCO)=C(/O)[C@@H]1Oc2c(O)ccc3c2[C@@]12CCN(CC1CC1)[C@H](C3)[C@@]2(C)O. The summed E-state index contributed by atoms with van der Waals surface area (Å²) in [5, 5.41) is 45.7. The average molecular weight is 489 g/mol. The van der Waals surface area contributed by atoms with E-state index in [1.807, 2.05) is 13.0 Å². The molecule has 2 aliphatic heterocycles. The minimum Gasteiger partial charge on any atom is -0.508 e. The van der Waals surface area contributed by atoms with Gasteiger partial charge in [0.15, 0.2) is 17.6 Å². The topological polar surface area (TPSA) is 132 Å². The van der Waals surface area contributed by atoms with Crippen LogP contribution in [-0.2, 0) is 21.4 Å². The minimum atomic E-state index is -1.25. The maximum absolute atomic E-state index is 12.8. The molecule has 1 saturated carbocycles. The number of phenols is 1. The Bertz CT molecular complexity index is 1030. The lowest BCUT2D eigenvalue weighted by Crippen LogP contribution is -2.73. The largest absolute Gasteiger partial charge is 0.508 e. The number of phenolic OH excluding ortho intramolecular Hbond substituents is 1. The van der Waals surface area contributed by atoms with E-state index in [1.165, 1.54) is 19.8 Å². The Balaban J connectivity index is 1.49. The molecule has 1 saturated heterocycles. The third kappa shape index (κ3) is 3.80. The van der Waals surface area contributed by atoms with Gasteiger partial charge in [0.05, 0.1) is 36.4 Å². The molecule has 2 fully saturated rings. The van der Waals surface area contributed by atoms with Crippen LogP contribution in [0.25, 0.3) is 0 Å². The van der Waals surface area contributed by atoms with Gasteiger partial charge in [-0.15, -0.1) is 0 Å². The highest BCUT2D eigenvalue weighted by Gasteiger charge is 2.69. The molecule has 192 valence electrons. The van der Waals surface area contributed by atoms with Crippen LogP contribution in [0.5, 0.6) is 11.5 Å². The van der Waals surface area contributed by atoms with E-state index in [0.29, 0.717) is 24.5 Å². The van der Waals surface area contributed by atoms with Gasteiger partial charge in [-0.3, -0.25) is 9.69 Å². The van der Waals surface area contributed by atoms with Crippen molar-refractivity contribution in [2.24, 2.45) is 5.92 Å². The van der Waals surface area contributed by atoms with Crippen LogP contribution in [0.2, 0.25) is 0 Å². The molecule has 1 spiro atoms. The zero-order valence-electron chi connectivity index (χ0n) is 20.4. The highest BCUT2D eigenvalue weighted by atomic mass is 16.5. The van der Waals surface area contributed by atoms with Crippen LogP contribution < -0.4 is 10.1 Å². The highest BCUT2D eigenvalue weighted by Crippen LogP contribution is 2.63. The van der Waals surface area contributed by atoms with Crippen molar-refractivity contribution in [3.8, 4) is 11.5 Å². The van der Waals surface area contributed by atoms with Crippen molar-refractivity contribution >= 4 is 5.91 Å². The third-order valence-electron chi connectivity index (χ3n) is 8.48. The number of hydrogen-bond acceptors (Lipinski definition) is 8. The molecule has 5 rings (SSSR count). The third-order valence-corrected chi connectivity index (χ3v) is 8.48. The molecular formula is C26H36N2O7. The Kier molecular flexibility index (Phi) is 6.24. The lowest BCUT2D eigenvalue weighted by molar-refractivity contribution is -0.153. The first-order chi connectivity index (χ1) is 16.7. The van der Waals surface area contributed by atoms with Crippen LogP contribution in [0.15, 0.2) is 23.5 Å². The standard InChI is InChI=1S/C26H36N2O7/c1-15(24(32)27-8-11-34-12-10-29)21(31)23-26-7-9-28(14-16-3-4-16)19(25(26,2)33)13-17-5-6-18(30)22(35-23)20(17)26/h5-6,16,19,23,29-31,33H,3-4,7-14H2,1-2H3,(H,27,32)/b21-15-/t19-,23+,25-,26+/m1/s1. The summed E-state index contributed by atoms with van der Waals surface area (Å²) in [6.07, 6.45) is 2.62. The Morgan fingerprint density at radius 1 is 1.31 bits per heavy atom. The Hall–Kier alpha value is -2.33. The summed E-state index contributed by atoms with van der Waals surface area (Å²) >= 11 is 0. The molecule has 35 heavy (non-hydrogen) atoms. The number of aromatic hydroxyl groups is 1. The summed E-state index contributed by atoms with van der Waals surface area (Å²) in [5.41, 5.74) is -0.381. The summed E-state index contributed by atoms with van der Waals surface area (Å²) in [5.74, 6) is 0.230. The zero-order valence-corrected chi connectivity index (χ0v) is 20.4. The van der Waals surface area contributed by atoms with Gasteiger partial charge in [0, 0.05) is 24.7 Å². The summed E-state index contributed by atoms with van der Waals surface area (Å²) in [4.78, 5) is 15.2. The lowest BCUT2D eigenvalue weighted by atomic mass is 9.53. The first-order valence-corrected chi connectivity index (χ1v) is 12.6. The van der Waals surface area contributed by atoms with Crippen LogP contribution in [0.4, 0.5) is 0 Å². The van der Waals surface area contributed by atoms with Crippen molar-refractivity contribution in [1.82, 2.24) is 10.2 Å². The molecule has 4 aliphatic rings. The van der Waals surface area contributed by atoms with E-state index in [1.54, 1.807) is 6.07 Å². The number of carbonyl (C=O) groups excluding carboxylic acids is 1. The molecule has 5 N–H and O–H groups in total. The second kappa shape index (κ2) is 8.96. The maximum Gasteiger partial charge on any atom is 0.250 e. The fraction of sp³-hybridized carbons (Fsp3) is 0.654. The molecule has 0 aromatic heterocycles. The fourth-order valence-electron chi connectivity index (χ4n) is 6.42. The number of nitrogens with one attached hydrogen (secondary N) is 1. The van der Waals surface area contributed by atoms with Crippen LogP contribution in [-0.4, -0.2) is 88.4 Å². The number of benzene rings is 1. The van der Waals surface area contributed by atoms with Gasteiger partial charge in [0.1, 0.15) is 5.76 Å². The summed E-state index contributed by atoms with van der Waals surface area (Å²) in [6, 6.07) is 3.35. The number of aliphatic hydroxyl groups excluding tert-OH is 2. The fourth-order valence-corrected chi connectivity index (χ4v) is 6.42. The van der Waals surface area contributed by atoms with Crippen LogP contribution in [0, 0.1) is 5.92 Å². The Labute approximate surface area is 205 Å². The number of likely N-dealkylation sites (tertiary alicyclic amines) is 1. The number of aliphatic hydroxyl groups is 3. The monoisotopic (exact) mass is 488 g/mol. The number of hydrogen-bond donors (Lipinski definition) is 5. The van der Waals surface area contributed by atoms with E-state index < -0.39 is 23.0 Å². The van der Waals surface area contributed by atoms with Gasteiger partial charge in [0.25, 0.3) is 5.91 Å². The highest BCUT2D eigenvalue weighted by molar-refractivity contribution is 5.93. The zero-order chi connectivity index (χ0) is 25.0. The first kappa shape index (κ1) is 24.4. The quantitative estimate of drug-likeness (QED) is 0.199. The number of amides is 1. The van der Waals surface area contributed by atoms with Crippen molar-refractivity contribution in [2.45, 2.75) is 62.7 Å². The molecule has 2 bridgehead atoms. The summed E-state index contributed by atoms with van der Waals surface area (Å²) in [6.45, 7) is 5.59. The number of ether oxygens (including phenoxy) is 2.